The molecule has 0 bridgehead atoms. The highest BCUT2D eigenvalue weighted by Gasteiger charge is 2.52. The lowest BCUT2D eigenvalue weighted by atomic mass is 9.80. The minimum Gasteiger partial charge on any atom is -0.0999 e. The van der Waals surface area contributed by atoms with E-state index in [9.17, 15) is 0 Å². The Bertz CT molecular complexity index is 192. The molecule has 0 aliphatic heterocycles. The van der Waals surface area contributed by atoms with Gasteiger partial charge in [-0.2, -0.15) is 0 Å². The van der Waals surface area contributed by atoms with Crippen molar-refractivity contribution in [3.8, 4) is 0 Å². The van der Waals surface area contributed by atoms with Gasteiger partial charge in [0.2, 0.25) is 0 Å². The second kappa shape index (κ2) is 2.12. The Labute approximate surface area is 69.7 Å². The zero-order chi connectivity index (χ0) is 8.06. The van der Waals surface area contributed by atoms with Gasteiger partial charge in [-0.05, 0) is 49.9 Å². The molecule has 0 aromatic heterocycles. The van der Waals surface area contributed by atoms with Crippen LogP contribution in [0.5, 0.6) is 0 Å². The molecular formula is C11H18. The molecule has 2 aliphatic rings. The monoisotopic (exact) mass is 150 g/mol. The fourth-order valence-corrected chi connectivity index (χ4v) is 2.59. The molecule has 0 spiro atoms. The molecule has 2 rings (SSSR count). The van der Waals surface area contributed by atoms with Crippen LogP contribution in [0.1, 0.15) is 39.5 Å². The van der Waals surface area contributed by atoms with Crippen molar-refractivity contribution >= 4 is 0 Å². The Morgan fingerprint density at radius 1 is 1.55 bits per heavy atom. The summed E-state index contributed by atoms with van der Waals surface area (Å²) in [6, 6.07) is 0. The van der Waals surface area contributed by atoms with E-state index in [-0.39, 0.29) is 0 Å². The molecule has 0 amide bonds. The number of hydrogen-bond acceptors (Lipinski definition) is 0. The molecule has 0 heteroatoms. The van der Waals surface area contributed by atoms with Gasteiger partial charge in [0, 0.05) is 0 Å². The highest BCUT2D eigenvalue weighted by Crippen LogP contribution is 2.62. The SMILES string of the molecule is C=C(C)C1CCC2(C)CC2C1. The van der Waals surface area contributed by atoms with Crippen molar-refractivity contribution in [3.05, 3.63) is 12.2 Å². The molecule has 62 valence electrons. The second-order valence-corrected chi connectivity index (χ2v) is 4.87. The Morgan fingerprint density at radius 3 is 2.82 bits per heavy atom. The lowest BCUT2D eigenvalue weighted by molar-refractivity contribution is 0.307. The molecule has 3 atom stereocenters. The van der Waals surface area contributed by atoms with Gasteiger partial charge in [-0.25, -0.2) is 0 Å². The first-order valence-corrected chi connectivity index (χ1v) is 4.77. The summed E-state index contributed by atoms with van der Waals surface area (Å²) in [6.07, 6.45) is 5.79. The number of rotatable bonds is 1. The molecule has 3 unspecified atom stereocenters. The third-order valence-electron chi connectivity index (χ3n) is 3.87. The van der Waals surface area contributed by atoms with Gasteiger partial charge in [0.1, 0.15) is 0 Å². The van der Waals surface area contributed by atoms with Crippen LogP contribution in [0.15, 0.2) is 12.2 Å². The molecular weight excluding hydrogens is 132 g/mol. The third kappa shape index (κ3) is 1.13. The standard InChI is InChI=1S/C11H18/c1-8(2)9-4-5-11(3)7-10(11)6-9/h9-10H,1,4-7H2,2-3H3. The molecule has 2 fully saturated rings. The van der Waals surface area contributed by atoms with Crippen LogP contribution in [0.4, 0.5) is 0 Å². The maximum Gasteiger partial charge on any atom is -0.0206 e. The van der Waals surface area contributed by atoms with Crippen LogP contribution >= 0.6 is 0 Å². The zero-order valence-electron chi connectivity index (χ0n) is 7.69. The predicted molar refractivity (Wildman–Crippen MR) is 48.4 cm³/mol. The van der Waals surface area contributed by atoms with Crippen LogP contribution in [-0.2, 0) is 0 Å². The molecule has 0 aromatic rings. The van der Waals surface area contributed by atoms with Crippen molar-refractivity contribution < 1.29 is 0 Å². The van der Waals surface area contributed by atoms with E-state index in [0.29, 0.717) is 0 Å². The average Bonchev–Trinajstić information content (AvgIpc) is 2.58. The van der Waals surface area contributed by atoms with E-state index in [0.717, 1.165) is 17.3 Å². The van der Waals surface area contributed by atoms with Crippen molar-refractivity contribution in [2.24, 2.45) is 17.3 Å². The number of fused-ring (bicyclic) bond motifs is 1. The fourth-order valence-electron chi connectivity index (χ4n) is 2.59. The molecule has 0 aromatic carbocycles. The minimum absolute atomic E-state index is 0.770. The number of hydrogen-bond donors (Lipinski definition) is 0. The molecule has 0 heterocycles. The Kier molecular flexibility index (Phi) is 1.42. The average molecular weight is 150 g/mol. The highest BCUT2D eigenvalue weighted by atomic mass is 14.6. The van der Waals surface area contributed by atoms with Crippen molar-refractivity contribution in [2.75, 3.05) is 0 Å². The molecule has 2 aliphatic carbocycles. The number of allylic oxidation sites excluding steroid dienone is 1. The van der Waals surface area contributed by atoms with Crippen molar-refractivity contribution in [2.45, 2.75) is 39.5 Å². The summed E-state index contributed by atoms with van der Waals surface area (Å²) in [4.78, 5) is 0. The van der Waals surface area contributed by atoms with E-state index in [2.05, 4.69) is 20.4 Å². The van der Waals surface area contributed by atoms with E-state index >= 15 is 0 Å². The van der Waals surface area contributed by atoms with Crippen LogP contribution in [0.25, 0.3) is 0 Å². The Hall–Kier alpha value is -0.260. The molecule has 0 radical (unpaired) electrons. The van der Waals surface area contributed by atoms with Gasteiger partial charge in [0.05, 0.1) is 0 Å². The highest BCUT2D eigenvalue weighted by molar-refractivity contribution is 5.09. The molecule has 11 heavy (non-hydrogen) atoms. The summed E-state index contributed by atoms with van der Waals surface area (Å²) in [5.74, 6) is 1.91. The van der Waals surface area contributed by atoms with E-state index in [1.54, 1.807) is 0 Å². The smallest absolute Gasteiger partial charge is 0.0206 e. The lowest BCUT2D eigenvalue weighted by Gasteiger charge is -2.25. The van der Waals surface area contributed by atoms with Gasteiger partial charge in [0.25, 0.3) is 0 Å². The quantitative estimate of drug-likeness (QED) is 0.503. The first-order chi connectivity index (χ1) is 5.12. The van der Waals surface area contributed by atoms with Crippen LogP contribution in [0, 0.1) is 17.3 Å². The molecule has 0 N–H and O–H groups in total. The topological polar surface area (TPSA) is 0 Å². The maximum atomic E-state index is 4.05. The van der Waals surface area contributed by atoms with E-state index < -0.39 is 0 Å². The van der Waals surface area contributed by atoms with Crippen LogP contribution in [-0.4, -0.2) is 0 Å². The van der Waals surface area contributed by atoms with Gasteiger partial charge in [0.15, 0.2) is 0 Å². The Balaban J connectivity index is 1.98. The molecule has 0 nitrogen and oxygen atoms in total. The van der Waals surface area contributed by atoms with Crippen LogP contribution in [0.2, 0.25) is 0 Å². The lowest BCUT2D eigenvalue weighted by Crippen LogP contribution is -2.14. The van der Waals surface area contributed by atoms with E-state index in [4.69, 9.17) is 0 Å². The molecule has 0 saturated heterocycles. The second-order valence-electron chi connectivity index (χ2n) is 4.87. The van der Waals surface area contributed by atoms with Crippen molar-refractivity contribution in [1.29, 1.82) is 0 Å². The summed E-state index contributed by atoms with van der Waals surface area (Å²) >= 11 is 0. The zero-order valence-corrected chi connectivity index (χ0v) is 7.69. The van der Waals surface area contributed by atoms with Crippen molar-refractivity contribution in [1.82, 2.24) is 0 Å². The first kappa shape index (κ1) is 7.39. The summed E-state index contributed by atoms with van der Waals surface area (Å²) in [5, 5.41) is 0. The fraction of sp³-hybridized carbons (Fsp3) is 0.818. The molecule has 2 saturated carbocycles. The summed E-state index contributed by atoms with van der Waals surface area (Å²) in [5.41, 5.74) is 2.19. The largest absolute Gasteiger partial charge is 0.0999 e. The van der Waals surface area contributed by atoms with Gasteiger partial charge >= 0.3 is 0 Å². The predicted octanol–water partition coefficient (Wildman–Crippen LogP) is 3.39. The van der Waals surface area contributed by atoms with E-state index in [1.165, 1.54) is 31.3 Å². The van der Waals surface area contributed by atoms with Gasteiger partial charge in [-0.1, -0.05) is 19.1 Å². The minimum atomic E-state index is 0.770. The van der Waals surface area contributed by atoms with Gasteiger partial charge in [-0.15, -0.1) is 0 Å². The third-order valence-corrected chi connectivity index (χ3v) is 3.87. The first-order valence-electron chi connectivity index (χ1n) is 4.77. The maximum absolute atomic E-state index is 4.05. The van der Waals surface area contributed by atoms with Crippen molar-refractivity contribution in [3.63, 3.8) is 0 Å². The van der Waals surface area contributed by atoms with Gasteiger partial charge < -0.3 is 0 Å². The summed E-state index contributed by atoms with van der Waals surface area (Å²) in [7, 11) is 0. The van der Waals surface area contributed by atoms with Crippen LogP contribution < -0.4 is 0 Å². The Morgan fingerprint density at radius 2 is 2.27 bits per heavy atom. The summed E-state index contributed by atoms with van der Waals surface area (Å²) in [6.45, 7) is 8.70. The normalized spacial score (nSPS) is 48.2. The summed E-state index contributed by atoms with van der Waals surface area (Å²) < 4.78 is 0. The van der Waals surface area contributed by atoms with Gasteiger partial charge in [-0.3, -0.25) is 0 Å². The van der Waals surface area contributed by atoms with E-state index in [1.807, 2.05) is 0 Å². The van der Waals surface area contributed by atoms with Crippen LogP contribution in [0.3, 0.4) is 0 Å².